The van der Waals surface area contributed by atoms with E-state index in [2.05, 4.69) is 10.5 Å². The van der Waals surface area contributed by atoms with Gasteiger partial charge in [-0.2, -0.15) is 5.10 Å². The maximum absolute atomic E-state index is 11.5. The summed E-state index contributed by atoms with van der Waals surface area (Å²) < 4.78 is 10.4. The Labute approximate surface area is 122 Å². The topological polar surface area (TPSA) is 63.8 Å². The number of nitrogens with zero attached hydrogens (tertiary/aromatic N) is 1. The minimum atomic E-state index is -0.321. The summed E-state index contributed by atoms with van der Waals surface area (Å²) in [7, 11) is 0. The number of hydrogen-bond acceptors (Lipinski definition) is 4. The zero-order valence-electron chi connectivity index (χ0n) is 11.7. The predicted molar refractivity (Wildman–Crippen MR) is 81.1 cm³/mol. The molecule has 5 heteroatoms. The van der Waals surface area contributed by atoms with Gasteiger partial charge in [-0.3, -0.25) is 4.79 Å². The van der Waals surface area contributed by atoms with E-state index >= 15 is 0 Å². The molecule has 108 valence electrons. The summed E-state index contributed by atoms with van der Waals surface area (Å²) in [5, 5.41) is 3.76. The van der Waals surface area contributed by atoms with Gasteiger partial charge < -0.3 is 9.15 Å². The molecule has 5 nitrogen and oxygen atoms in total. The van der Waals surface area contributed by atoms with Crippen molar-refractivity contribution in [1.82, 2.24) is 5.43 Å². The maximum Gasteiger partial charge on any atom is 0.277 e. The lowest BCUT2D eigenvalue weighted by molar-refractivity contribution is -0.123. The summed E-state index contributed by atoms with van der Waals surface area (Å²) in [6, 6.07) is 11.1. The average Bonchev–Trinajstić information content (AvgIpc) is 2.99. The molecule has 0 aliphatic carbocycles. The number of furan rings is 1. The second kappa shape index (κ2) is 7.69. The number of nitrogens with one attached hydrogen (secondary N) is 1. The summed E-state index contributed by atoms with van der Waals surface area (Å²) in [4.78, 5) is 11.5. The van der Waals surface area contributed by atoms with Crippen LogP contribution in [0.1, 0.15) is 11.3 Å². The Morgan fingerprint density at radius 2 is 2.14 bits per heavy atom. The molecule has 21 heavy (non-hydrogen) atoms. The molecule has 0 saturated carbocycles. The maximum atomic E-state index is 11.5. The van der Waals surface area contributed by atoms with E-state index in [0.29, 0.717) is 5.75 Å². The van der Waals surface area contributed by atoms with Crippen LogP contribution in [0, 0.1) is 6.92 Å². The highest BCUT2D eigenvalue weighted by molar-refractivity contribution is 5.81. The quantitative estimate of drug-likeness (QED) is 0.655. The number of allylic oxidation sites excluding steroid dienone is 1. The molecule has 1 aromatic heterocycles. The molecule has 0 unspecified atom stereocenters. The molecular weight excluding hydrogens is 268 g/mol. The standard InChI is InChI=1S/C16H16N2O3/c1-13-6-8-15(9-7-13)21-12-16(19)18-17-10-2-4-14-5-3-11-20-14/h2-11H,12H2,1H3,(H,18,19)/b4-2+,17-10+. The molecule has 1 aromatic carbocycles. The molecule has 0 radical (unpaired) electrons. The monoisotopic (exact) mass is 284 g/mol. The summed E-state index contributed by atoms with van der Waals surface area (Å²) in [6.07, 6.45) is 6.45. The van der Waals surface area contributed by atoms with Crippen molar-refractivity contribution in [3.05, 3.63) is 60.1 Å². The van der Waals surface area contributed by atoms with E-state index < -0.39 is 0 Å². The molecular formula is C16H16N2O3. The molecule has 0 spiro atoms. The second-order valence-electron chi connectivity index (χ2n) is 4.29. The first kappa shape index (κ1) is 14.6. The Morgan fingerprint density at radius 3 is 2.86 bits per heavy atom. The second-order valence-corrected chi connectivity index (χ2v) is 4.29. The van der Waals surface area contributed by atoms with Gasteiger partial charge in [0.2, 0.25) is 0 Å². The lowest BCUT2D eigenvalue weighted by Gasteiger charge is -2.04. The fourth-order valence-corrected chi connectivity index (χ4v) is 1.49. The average molecular weight is 284 g/mol. The van der Waals surface area contributed by atoms with Crippen LogP contribution in [-0.4, -0.2) is 18.7 Å². The third-order valence-corrected chi connectivity index (χ3v) is 2.54. The van der Waals surface area contributed by atoms with Crippen LogP contribution in [-0.2, 0) is 4.79 Å². The number of carbonyl (C=O) groups excluding carboxylic acids is 1. The van der Waals surface area contributed by atoms with Crippen LogP contribution in [0.4, 0.5) is 0 Å². The van der Waals surface area contributed by atoms with Gasteiger partial charge in [0.25, 0.3) is 5.91 Å². The largest absolute Gasteiger partial charge is 0.484 e. The number of hydrogen-bond donors (Lipinski definition) is 1. The Kier molecular flexibility index (Phi) is 5.34. The molecule has 1 N–H and O–H groups in total. The normalized spacial score (nSPS) is 11.1. The van der Waals surface area contributed by atoms with Gasteiger partial charge in [-0.1, -0.05) is 17.7 Å². The number of amides is 1. The summed E-state index contributed by atoms with van der Waals surface area (Å²) in [5.41, 5.74) is 3.51. The van der Waals surface area contributed by atoms with Gasteiger partial charge in [0.1, 0.15) is 11.5 Å². The van der Waals surface area contributed by atoms with Crippen molar-refractivity contribution in [1.29, 1.82) is 0 Å². The Morgan fingerprint density at radius 1 is 1.33 bits per heavy atom. The Balaban J connectivity index is 1.68. The van der Waals surface area contributed by atoms with Crippen LogP contribution in [0.15, 0.2) is 58.3 Å². The summed E-state index contributed by atoms with van der Waals surface area (Å²) in [6.45, 7) is 1.91. The van der Waals surface area contributed by atoms with E-state index in [1.807, 2.05) is 37.3 Å². The zero-order valence-corrected chi connectivity index (χ0v) is 11.7. The molecule has 0 saturated heterocycles. The van der Waals surface area contributed by atoms with Gasteiger partial charge >= 0.3 is 0 Å². The number of carbonyl (C=O) groups is 1. The van der Waals surface area contributed by atoms with E-state index in [4.69, 9.17) is 9.15 Å². The molecule has 2 rings (SSSR count). The van der Waals surface area contributed by atoms with Gasteiger partial charge in [-0.15, -0.1) is 0 Å². The van der Waals surface area contributed by atoms with Crippen LogP contribution >= 0.6 is 0 Å². The summed E-state index contributed by atoms with van der Waals surface area (Å²) >= 11 is 0. The molecule has 2 aromatic rings. The molecule has 1 heterocycles. The molecule has 1 amide bonds. The number of aryl methyl sites for hydroxylation is 1. The van der Waals surface area contributed by atoms with Gasteiger partial charge in [0.15, 0.2) is 6.61 Å². The molecule has 0 aliphatic rings. The fraction of sp³-hybridized carbons (Fsp3) is 0.125. The number of ether oxygens (including phenoxy) is 1. The molecule has 0 fully saturated rings. The van der Waals surface area contributed by atoms with Gasteiger partial charge in [-0.25, -0.2) is 5.43 Å². The van der Waals surface area contributed by atoms with Crippen molar-refractivity contribution < 1.29 is 13.9 Å². The fourth-order valence-electron chi connectivity index (χ4n) is 1.49. The lowest BCUT2D eigenvalue weighted by atomic mass is 10.2. The van der Waals surface area contributed by atoms with E-state index in [0.717, 1.165) is 11.3 Å². The van der Waals surface area contributed by atoms with E-state index in [-0.39, 0.29) is 12.5 Å². The smallest absolute Gasteiger partial charge is 0.277 e. The van der Waals surface area contributed by atoms with E-state index in [1.165, 1.54) is 6.21 Å². The van der Waals surface area contributed by atoms with Gasteiger partial charge in [0.05, 0.1) is 6.26 Å². The zero-order chi connectivity index (χ0) is 14.9. The first-order chi connectivity index (χ1) is 10.2. The number of rotatable bonds is 6. The van der Waals surface area contributed by atoms with Gasteiger partial charge in [0, 0.05) is 6.21 Å². The molecule has 0 aliphatic heterocycles. The van der Waals surface area contributed by atoms with Crippen molar-refractivity contribution in [3.63, 3.8) is 0 Å². The van der Waals surface area contributed by atoms with Crippen molar-refractivity contribution in [3.8, 4) is 5.75 Å². The first-order valence-electron chi connectivity index (χ1n) is 6.45. The van der Waals surface area contributed by atoms with Crippen LogP contribution in [0.25, 0.3) is 6.08 Å². The van der Waals surface area contributed by atoms with Crippen LogP contribution < -0.4 is 10.2 Å². The van der Waals surface area contributed by atoms with Crippen molar-refractivity contribution in [2.75, 3.05) is 6.61 Å². The minimum absolute atomic E-state index is 0.0811. The van der Waals surface area contributed by atoms with Crippen molar-refractivity contribution in [2.24, 2.45) is 5.10 Å². The molecule has 0 bridgehead atoms. The van der Waals surface area contributed by atoms with E-state index in [1.54, 1.807) is 24.5 Å². The lowest BCUT2D eigenvalue weighted by Crippen LogP contribution is -2.24. The third kappa shape index (κ3) is 5.36. The number of benzene rings is 1. The first-order valence-corrected chi connectivity index (χ1v) is 6.45. The van der Waals surface area contributed by atoms with E-state index in [9.17, 15) is 4.79 Å². The highest BCUT2D eigenvalue weighted by Crippen LogP contribution is 2.10. The van der Waals surface area contributed by atoms with Crippen LogP contribution in [0.2, 0.25) is 0 Å². The van der Waals surface area contributed by atoms with Crippen LogP contribution in [0.5, 0.6) is 5.75 Å². The highest BCUT2D eigenvalue weighted by atomic mass is 16.5. The third-order valence-electron chi connectivity index (χ3n) is 2.54. The minimum Gasteiger partial charge on any atom is -0.484 e. The number of hydrazone groups is 1. The SMILES string of the molecule is Cc1ccc(OCC(=O)N/N=C/C=C/c2ccco2)cc1. The van der Waals surface area contributed by atoms with Gasteiger partial charge in [-0.05, 0) is 43.3 Å². The Bertz CT molecular complexity index is 613. The molecule has 0 atom stereocenters. The van der Waals surface area contributed by atoms with Crippen molar-refractivity contribution in [2.45, 2.75) is 6.92 Å². The highest BCUT2D eigenvalue weighted by Gasteiger charge is 2.00. The predicted octanol–water partition coefficient (Wildman–Crippen LogP) is 2.78. The van der Waals surface area contributed by atoms with Crippen LogP contribution in [0.3, 0.4) is 0 Å². The van der Waals surface area contributed by atoms with Crippen molar-refractivity contribution >= 4 is 18.2 Å². The summed E-state index contributed by atoms with van der Waals surface area (Å²) in [5.74, 6) is 1.05. The Hall–Kier alpha value is -2.82.